The summed E-state index contributed by atoms with van der Waals surface area (Å²) in [6.45, 7) is 6.86. The molecule has 0 radical (unpaired) electrons. The van der Waals surface area contributed by atoms with Gasteiger partial charge in [0.25, 0.3) is 0 Å². The lowest BCUT2D eigenvalue weighted by atomic mass is 9.79. The third kappa shape index (κ3) is 3.23. The van der Waals surface area contributed by atoms with Gasteiger partial charge in [-0.1, -0.05) is 13.8 Å². The Labute approximate surface area is 124 Å². The molecule has 2 rings (SSSR count). The van der Waals surface area contributed by atoms with Gasteiger partial charge < -0.3 is 25.7 Å². The third-order valence-corrected chi connectivity index (χ3v) is 4.06. The lowest BCUT2D eigenvalue weighted by Crippen LogP contribution is -2.49. The summed E-state index contributed by atoms with van der Waals surface area (Å²) in [4.78, 5) is 2.14. The van der Waals surface area contributed by atoms with Gasteiger partial charge in [0.2, 0.25) is 0 Å². The summed E-state index contributed by atoms with van der Waals surface area (Å²) in [5.41, 5.74) is -0.197. The van der Waals surface area contributed by atoms with E-state index in [1.165, 1.54) is 12.1 Å². The molecule has 0 saturated carbocycles. The van der Waals surface area contributed by atoms with Gasteiger partial charge in [-0.2, -0.15) is 0 Å². The molecule has 1 aromatic carbocycles. The van der Waals surface area contributed by atoms with E-state index in [2.05, 4.69) is 10.2 Å². The Morgan fingerprint density at radius 1 is 1.14 bits per heavy atom. The predicted octanol–water partition coefficient (Wildman–Crippen LogP) is 0.768. The number of benzene rings is 1. The Kier molecular flexibility index (Phi) is 4.61. The Morgan fingerprint density at radius 2 is 1.67 bits per heavy atom. The summed E-state index contributed by atoms with van der Waals surface area (Å²) >= 11 is 0. The highest BCUT2D eigenvalue weighted by Crippen LogP contribution is 2.46. The molecule has 0 unspecified atom stereocenters. The van der Waals surface area contributed by atoms with Gasteiger partial charge in [0.15, 0.2) is 0 Å². The molecule has 0 spiro atoms. The Balaban J connectivity index is 2.49. The minimum absolute atomic E-state index is 0.0820. The number of aliphatic hydroxyl groups excluding tert-OH is 1. The van der Waals surface area contributed by atoms with E-state index >= 15 is 0 Å². The molecule has 5 N–H and O–H groups in total. The van der Waals surface area contributed by atoms with E-state index in [1.807, 2.05) is 13.8 Å². The van der Waals surface area contributed by atoms with Gasteiger partial charge in [-0.3, -0.25) is 4.90 Å². The number of hydrogen-bond donors (Lipinski definition) is 5. The average molecular weight is 296 g/mol. The lowest BCUT2D eigenvalue weighted by molar-refractivity contribution is 0.0280. The topological polar surface area (TPSA) is 96.2 Å². The maximum Gasteiger partial charge on any atom is 0.127 e. The molecule has 0 amide bonds. The fourth-order valence-corrected chi connectivity index (χ4v) is 2.98. The van der Waals surface area contributed by atoms with Crippen molar-refractivity contribution in [1.29, 1.82) is 0 Å². The van der Waals surface area contributed by atoms with Crippen molar-refractivity contribution in [3.05, 3.63) is 17.7 Å². The van der Waals surface area contributed by atoms with Crippen LogP contribution in [0.3, 0.4) is 0 Å². The summed E-state index contributed by atoms with van der Waals surface area (Å²) in [6.07, 6.45) is 0. The molecule has 6 nitrogen and oxygen atoms in total. The Morgan fingerprint density at radius 3 is 2.14 bits per heavy atom. The zero-order chi connectivity index (χ0) is 15.6. The van der Waals surface area contributed by atoms with Crippen molar-refractivity contribution in [3.63, 3.8) is 0 Å². The van der Waals surface area contributed by atoms with Gasteiger partial charge >= 0.3 is 0 Å². The first-order valence-corrected chi connectivity index (χ1v) is 7.17. The number of piperazine rings is 1. The van der Waals surface area contributed by atoms with Crippen molar-refractivity contribution < 1.29 is 20.4 Å². The minimum Gasteiger partial charge on any atom is -0.508 e. The van der Waals surface area contributed by atoms with E-state index in [-0.39, 0.29) is 29.9 Å². The first kappa shape index (κ1) is 15.9. The van der Waals surface area contributed by atoms with Crippen molar-refractivity contribution >= 4 is 0 Å². The molecule has 1 saturated heterocycles. The van der Waals surface area contributed by atoms with E-state index in [4.69, 9.17) is 0 Å². The molecule has 118 valence electrons. The van der Waals surface area contributed by atoms with Crippen molar-refractivity contribution in [1.82, 2.24) is 10.2 Å². The van der Waals surface area contributed by atoms with Crippen LogP contribution in [0.1, 0.15) is 25.5 Å². The molecule has 1 aliphatic heterocycles. The number of nitrogens with one attached hydrogen (secondary N) is 1. The molecular formula is C15H24N2O4. The van der Waals surface area contributed by atoms with Gasteiger partial charge in [0, 0.05) is 56.4 Å². The van der Waals surface area contributed by atoms with Gasteiger partial charge in [-0.15, -0.1) is 0 Å². The molecule has 1 atom stereocenters. The maximum atomic E-state index is 10.2. The monoisotopic (exact) mass is 296 g/mol. The Hall–Kier alpha value is -1.50. The molecule has 1 heterocycles. The highest BCUT2D eigenvalue weighted by molar-refractivity contribution is 5.51. The van der Waals surface area contributed by atoms with Crippen LogP contribution in [0.4, 0.5) is 0 Å². The van der Waals surface area contributed by atoms with Crippen LogP contribution in [-0.2, 0) is 0 Å². The quantitative estimate of drug-likeness (QED) is 0.563. The van der Waals surface area contributed by atoms with E-state index in [1.54, 1.807) is 0 Å². The number of aromatic hydroxyl groups is 3. The molecule has 1 aliphatic rings. The summed E-state index contributed by atoms with van der Waals surface area (Å²) < 4.78 is 0. The van der Waals surface area contributed by atoms with Crippen molar-refractivity contribution in [2.75, 3.05) is 32.8 Å². The second-order valence-corrected chi connectivity index (χ2v) is 6.23. The number of phenolic OH excluding ortho intramolecular Hbond substituents is 3. The molecule has 0 aliphatic carbocycles. The van der Waals surface area contributed by atoms with Crippen molar-refractivity contribution in [2.45, 2.75) is 19.9 Å². The third-order valence-electron chi connectivity index (χ3n) is 4.06. The summed E-state index contributed by atoms with van der Waals surface area (Å²) in [5, 5.41) is 42.9. The Bertz CT molecular complexity index is 475. The largest absolute Gasteiger partial charge is 0.508 e. The lowest BCUT2D eigenvalue weighted by Gasteiger charge is -2.43. The molecular weight excluding hydrogens is 272 g/mol. The number of hydrogen-bond acceptors (Lipinski definition) is 6. The fraction of sp³-hybridized carbons (Fsp3) is 0.600. The second kappa shape index (κ2) is 6.09. The summed E-state index contributed by atoms with van der Waals surface area (Å²) in [5.74, 6) is -0.496. The van der Waals surface area contributed by atoms with Crippen LogP contribution in [0.25, 0.3) is 0 Å². The fourth-order valence-electron chi connectivity index (χ4n) is 2.98. The molecule has 0 bridgehead atoms. The predicted molar refractivity (Wildman–Crippen MR) is 79.5 cm³/mol. The number of nitrogens with zero attached hydrogens (tertiary/aromatic N) is 1. The second-order valence-electron chi connectivity index (χ2n) is 6.23. The minimum atomic E-state index is -0.552. The van der Waals surface area contributed by atoms with Gasteiger partial charge in [0.05, 0.1) is 5.56 Å². The first-order chi connectivity index (χ1) is 9.86. The number of phenols is 3. The first-order valence-electron chi connectivity index (χ1n) is 7.17. The van der Waals surface area contributed by atoms with Crippen LogP contribution in [0, 0.1) is 5.41 Å². The zero-order valence-electron chi connectivity index (χ0n) is 12.5. The van der Waals surface area contributed by atoms with Gasteiger partial charge in [0.1, 0.15) is 17.2 Å². The van der Waals surface area contributed by atoms with Gasteiger partial charge in [-0.25, -0.2) is 0 Å². The van der Waals surface area contributed by atoms with Crippen LogP contribution < -0.4 is 5.32 Å². The molecule has 1 fully saturated rings. The van der Waals surface area contributed by atoms with E-state index < -0.39 is 5.41 Å². The summed E-state index contributed by atoms with van der Waals surface area (Å²) in [6, 6.07) is 2.10. The number of aliphatic hydroxyl groups is 1. The van der Waals surface area contributed by atoms with E-state index in [0.29, 0.717) is 5.56 Å². The highest BCUT2D eigenvalue weighted by atomic mass is 16.3. The smallest absolute Gasteiger partial charge is 0.127 e. The maximum absolute atomic E-state index is 10.2. The highest BCUT2D eigenvalue weighted by Gasteiger charge is 2.38. The SMILES string of the molecule is CC(C)(CO)[C@H](c1c(O)cc(O)cc1O)N1CCNCC1. The van der Waals surface area contributed by atoms with Gasteiger partial charge in [-0.05, 0) is 0 Å². The van der Waals surface area contributed by atoms with Crippen LogP contribution in [-0.4, -0.2) is 58.1 Å². The number of rotatable bonds is 4. The van der Waals surface area contributed by atoms with Crippen molar-refractivity contribution in [2.24, 2.45) is 5.41 Å². The molecule has 6 heteroatoms. The van der Waals surface area contributed by atoms with Crippen LogP contribution in [0.15, 0.2) is 12.1 Å². The van der Waals surface area contributed by atoms with Crippen LogP contribution in [0.5, 0.6) is 17.2 Å². The van der Waals surface area contributed by atoms with E-state index in [9.17, 15) is 20.4 Å². The molecule has 21 heavy (non-hydrogen) atoms. The van der Waals surface area contributed by atoms with Crippen molar-refractivity contribution in [3.8, 4) is 17.2 Å². The average Bonchev–Trinajstić information content (AvgIpc) is 2.43. The van der Waals surface area contributed by atoms with Crippen LogP contribution >= 0.6 is 0 Å². The summed E-state index contributed by atoms with van der Waals surface area (Å²) in [7, 11) is 0. The molecule has 0 aromatic heterocycles. The standard InChI is InChI=1S/C15H24N2O4/c1-15(2,9-18)14(17-5-3-16-4-6-17)13-11(20)7-10(19)8-12(13)21/h7-8,14,16,18-21H,3-6,9H2,1-2H3/t14-/m0/s1. The zero-order valence-corrected chi connectivity index (χ0v) is 12.5. The van der Waals surface area contributed by atoms with E-state index in [0.717, 1.165) is 26.2 Å². The normalized spacial score (nSPS) is 18.6. The molecule has 1 aromatic rings. The van der Waals surface area contributed by atoms with Crippen LogP contribution in [0.2, 0.25) is 0 Å².